The Labute approximate surface area is 142 Å². The van der Waals surface area contributed by atoms with E-state index < -0.39 is 0 Å². The largest absolute Gasteiger partial charge is 0.370 e. The van der Waals surface area contributed by atoms with Gasteiger partial charge in [0.2, 0.25) is 0 Å². The lowest BCUT2D eigenvalue weighted by atomic mass is 10.1. The van der Waals surface area contributed by atoms with Gasteiger partial charge in [-0.1, -0.05) is 29.3 Å². The van der Waals surface area contributed by atoms with Gasteiger partial charge in [0, 0.05) is 13.1 Å². The van der Waals surface area contributed by atoms with Crippen LogP contribution in [0, 0.1) is 0 Å². The third-order valence-electron chi connectivity index (χ3n) is 3.88. The van der Waals surface area contributed by atoms with Crippen molar-refractivity contribution in [2.45, 2.75) is 6.10 Å². The Balaban J connectivity index is 1.64. The molecule has 1 aromatic carbocycles. The summed E-state index contributed by atoms with van der Waals surface area (Å²) >= 11 is 12.1. The van der Waals surface area contributed by atoms with E-state index in [4.69, 9.17) is 27.9 Å². The fourth-order valence-electron chi connectivity index (χ4n) is 2.75. The van der Waals surface area contributed by atoms with Gasteiger partial charge in [-0.05, 0) is 17.7 Å². The summed E-state index contributed by atoms with van der Waals surface area (Å²) in [7, 11) is 0. The molecule has 1 saturated heterocycles. The number of aromatic nitrogens is 4. The molecule has 23 heavy (non-hydrogen) atoms. The Morgan fingerprint density at radius 1 is 1.17 bits per heavy atom. The van der Waals surface area contributed by atoms with Crippen molar-refractivity contribution in [3.8, 4) is 0 Å². The second-order valence-electron chi connectivity index (χ2n) is 5.28. The number of hydrogen-bond donors (Lipinski definition) is 1. The topological polar surface area (TPSA) is 66.9 Å². The minimum absolute atomic E-state index is 0.0912. The number of nitrogens with zero attached hydrogens (tertiary/aromatic N) is 4. The molecule has 1 aliphatic heterocycles. The van der Waals surface area contributed by atoms with Gasteiger partial charge in [-0.2, -0.15) is 0 Å². The van der Waals surface area contributed by atoms with E-state index in [1.165, 1.54) is 6.33 Å². The number of rotatable bonds is 2. The van der Waals surface area contributed by atoms with Crippen molar-refractivity contribution in [1.29, 1.82) is 0 Å². The van der Waals surface area contributed by atoms with Crippen molar-refractivity contribution >= 4 is 40.2 Å². The predicted octanol–water partition coefficient (Wildman–Crippen LogP) is 3.24. The Morgan fingerprint density at radius 3 is 2.96 bits per heavy atom. The number of hydrogen-bond acceptors (Lipinski definition) is 5. The van der Waals surface area contributed by atoms with Crippen LogP contribution in [0.4, 0.5) is 5.82 Å². The molecule has 0 amide bonds. The minimum Gasteiger partial charge on any atom is -0.370 e. The van der Waals surface area contributed by atoms with Crippen LogP contribution in [0.1, 0.15) is 11.7 Å². The fraction of sp³-hybridized carbons (Fsp3) is 0.267. The van der Waals surface area contributed by atoms with Gasteiger partial charge < -0.3 is 14.6 Å². The second kappa shape index (κ2) is 5.96. The molecular formula is C15H13Cl2N5O. The van der Waals surface area contributed by atoms with E-state index in [2.05, 4.69) is 24.8 Å². The standard InChI is InChI=1S/C15H13Cl2N5O/c16-10-2-1-9(5-11(10)17)12-6-22(3-4-23-12)15-13-14(19-7-18-13)20-8-21-15/h1-2,5,7-8,12H,3-4,6H2,(H,18,19,20,21)/t12-/m0/s1. The van der Waals surface area contributed by atoms with Gasteiger partial charge in [0.1, 0.15) is 17.9 Å². The Bertz CT molecular complexity index is 853. The Kier molecular flexibility index (Phi) is 3.80. The van der Waals surface area contributed by atoms with Gasteiger partial charge in [0.15, 0.2) is 11.5 Å². The molecule has 3 aromatic rings. The van der Waals surface area contributed by atoms with E-state index in [-0.39, 0.29) is 6.10 Å². The highest BCUT2D eigenvalue weighted by Gasteiger charge is 2.25. The van der Waals surface area contributed by atoms with Gasteiger partial charge >= 0.3 is 0 Å². The van der Waals surface area contributed by atoms with Crippen molar-refractivity contribution in [3.05, 3.63) is 46.5 Å². The molecule has 3 heterocycles. The molecule has 1 fully saturated rings. The predicted molar refractivity (Wildman–Crippen MR) is 89.1 cm³/mol. The molecule has 1 N–H and O–H groups in total. The van der Waals surface area contributed by atoms with Gasteiger partial charge in [-0.25, -0.2) is 15.0 Å². The van der Waals surface area contributed by atoms with Crippen LogP contribution in [-0.2, 0) is 4.74 Å². The minimum atomic E-state index is -0.0912. The van der Waals surface area contributed by atoms with Crippen LogP contribution in [0.3, 0.4) is 0 Å². The summed E-state index contributed by atoms with van der Waals surface area (Å²) in [6.45, 7) is 2.02. The first-order chi connectivity index (χ1) is 11.2. The van der Waals surface area contributed by atoms with E-state index in [0.717, 1.165) is 23.4 Å². The lowest BCUT2D eigenvalue weighted by molar-refractivity contribution is 0.0396. The summed E-state index contributed by atoms with van der Waals surface area (Å²) in [5.74, 6) is 0.834. The van der Waals surface area contributed by atoms with Gasteiger partial charge in [-0.3, -0.25) is 0 Å². The average Bonchev–Trinajstić information content (AvgIpc) is 3.06. The SMILES string of the molecule is Clc1ccc([C@@H]2CN(c3ncnc4nc[nH]c34)CCO2)cc1Cl. The number of benzene rings is 1. The monoisotopic (exact) mass is 349 g/mol. The summed E-state index contributed by atoms with van der Waals surface area (Å²) in [6.07, 6.45) is 3.06. The number of aromatic amines is 1. The van der Waals surface area contributed by atoms with Crippen molar-refractivity contribution in [3.63, 3.8) is 0 Å². The maximum Gasteiger partial charge on any atom is 0.182 e. The number of imidazole rings is 1. The van der Waals surface area contributed by atoms with Crippen molar-refractivity contribution < 1.29 is 4.74 Å². The van der Waals surface area contributed by atoms with Crippen LogP contribution in [0.25, 0.3) is 11.2 Å². The highest BCUT2D eigenvalue weighted by molar-refractivity contribution is 6.42. The van der Waals surface area contributed by atoms with Crippen LogP contribution >= 0.6 is 23.2 Å². The third-order valence-corrected chi connectivity index (χ3v) is 4.62. The average molecular weight is 350 g/mol. The maximum atomic E-state index is 6.11. The normalized spacial score (nSPS) is 18.5. The lowest BCUT2D eigenvalue weighted by Gasteiger charge is -2.34. The molecule has 0 saturated carbocycles. The lowest BCUT2D eigenvalue weighted by Crippen LogP contribution is -2.39. The van der Waals surface area contributed by atoms with Gasteiger partial charge in [0.05, 0.1) is 23.0 Å². The molecule has 0 bridgehead atoms. The molecule has 2 aromatic heterocycles. The van der Waals surface area contributed by atoms with E-state index in [9.17, 15) is 0 Å². The zero-order valence-electron chi connectivity index (χ0n) is 12.0. The molecule has 6 nitrogen and oxygen atoms in total. The smallest absolute Gasteiger partial charge is 0.182 e. The number of halogens is 2. The molecule has 118 valence electrons. The molecule has 0 spiro atoms. The molecule has 8 heteroatoms. The van der Waals surface area contributed by atoms with Gasteiger partial charge in [0.25, 0.3) is 0 Å². The van der Waals surface area contributed by atoms with Crippen LogP contribution in [0.2, 0.25) is 10.0 Å². The zero-order chi connectivity index (χ0) is 15.8. The summed E-state index contributed by atoms with van der Waals surface area (Å²) in [4.78, 5) is 18.0. The molecule has 0 radical (unpaired) electrons. The first-order valence-corrected chi connectivity index (χ1v) is 7.93. The first-order valence-electron chi connectivity index (χ1n) is 7.18. The van der Waals surface area contributed by atoms with Crippen LogP contribution in [0.15, 0.2) is 30.9 Å². The van der Waals surface area contributed by atoms with Crippen molar-refractivity contribution in [2.24, 2.45) is 0 Å². The van der Waals surface area contributed by atoms with Crippen LogP contribution < -0.4 is 4.90 Å². The first kappa shape index (κ1) is 14.7. The quantitative estimate of drug-likeness (QED) is 0.769. The van der Waals surface area contributed by atoms with E-state index in [1.807, 2.05) is 12.1 Å². The third kappa shape index (κ3) is 2.73. The molecular weight excluding hydrogens is 337 g/mol. The summed E-state index contributed by atoms with van der Waals surface area (Å²) in [5.41, 5.74) is 2.49. The van der Waals surface area contributed by atoms with Gasteiger partial charge in [-0.15, -0.1) is 0 Å². The van der Waals surface area contributed by atoms with Crippen LogP contribution in [-0.4, -0.2) is 39.6 Å². The van der Waals surface area contributed by atoms with E-state index >= 15 is 0 Å². The highest BCUT2D eigenvalue weighted by Crippen LogP contribution is 2.31. The second-order valence-corrected chi connectivity index (χ2v) is 6.09. The Morgan fingerprint density at radius 2 is 2.09 bits per heavy atom. The fourth-order valence-corrected chi connectivity index (χ4v) is 3.05. The van der Waals surface area contributed by atoms with Crippen LogP contribution in [0.5, 0.6) is 0 Å². The molecule has 4 rings (SSSR count). The zero-order valence-corrected chi connectivity index (χ0v) is 13.6. The Hall–Kier alpha value is -1.89. The molecule has 0 aliphatic carbocycles. The number of nitrogens with one attached hydrogen (secondary N) is 1. The maximum absolute atomic E-state index is 6.11. The number of fused-ring (bicyclic) bond motifs is 1. The molecule has 1 atom stereocenters. The number of morpholine rings is 1. The highest BCUT2D eigenvalue weighted by atomic mass is 35.5. The van der Waals surface area contributed by atoms with Crippen molar-refractivity contribution in [2.75, 3.05) is 24.6 Å². The van der Waals surface area contributed by atoms with E-state index in [0.29, 0.717) is 28.8 Å². The van der Waals surface area contributed by atoms with E-state index in [1.54, 1.807) is 12.4 Å². The summed E-state index contributed by atoms with van der Waals surface area (Å²) in [5, 5.41) is 1.07. The van der Waals surface area contributed by atoms with Crippen molar-refractivity contribution in [1.82, 2.24) is 19.9 Å². The molecule has 0 unspecified atom stereocenters. The number of anilines is 1. The number of ether oxygens (including phenoxy) is 1. The summed E-state index contributed by atoms with van der Waals surface area (Å²) in [6, 6.07) is 5.58. The number of H-pyrrole nitrogens is 1. The molecule has 1 aliphatic rings. The summed E-state index contributed by atoms with van der Waals surface area (Å²) < 4.78 is 5.89.